The summed E-state index contributed by atoms with van der Waals surface area (Å²) in [6, 6.07) is 3.15. The molecule has 1 aliphatic rings. The maximum Gasteiger partial charge on any atom is 0.252 e. The summed E-state index contributed by atoms with van der Waals surface area (Å²) in [6.45, 7) is 8.43. The quantitative estimate of drug-likeness (QED) is 0.638. The third-order valence-corrected chi connectivity index (χ3v) is 9.32. The zero-order valence-corrected chi connectivity index (χ0v) is 20.0. The number of rotatable bonds is 8. The molecule has 7 nitrogen and oxygen atoms in total. The number of hydrogen-bond acceptors (Lipinski definition) is 5. The van der Waals surface area contributed by atoms with Gasteiger partial charge in [0.1, 0.15) is 4.21 Å². The van der Waals surface area contributed by atoms with Crippen molar-refractivity contribution in [2.75, 3.05) is 19.6 Å². The van der Waals surface area contributed by atoms with Gasteiger partial charge in [-0.1, -0.05) is 11.6 Å². The minimum absolute atomic E-state index is 0.0273. The van der Waals surface area contributed by atoms with E-state index in [1.54, 1.807) is 12.1 Å². The van der Waals surface area contributed by atoms with Crippen LogP contribution in [0, 0.1) is 19.8 Å². The third kappa shape index (κ3) is 5.25. The van der Waals surface area contributed by atoms with Gasteiger partial charge in [-0.15, -0.1) is 11.3 Å². The molecule has 0 unspecified atom stereocenters. The van der Waals surface area contributed by atoms with E-state index in [-0.39, 0.29) is 16.0 Å². The van der Waals surface area contributed by atoms with Crippen molar-refractivity contribution in [3.8, 4) is 0 Å². The molecule has 0 aromatic carbocycles. The largest absolute Gasteiger partial charge is 0.356 e. The van der Waals surface area contributed by atoms with Crippen LogP contribution in [0.15, 0.2) is 16.3 Å². The zero-order valence-electron chi connectivity index (χ0n) is 17.6. The number of piperidine rings is 1. The molecule has 0 spiro atoms. The van der Waals surface area contributed by atoms with Crippen LogP contribution >= 0.6 is 22.9 Å². The van der Waals surface area contributed by atoms with Crippen LogP contribution in [-0.4, -0.2) is 48.0 Å². The van der Waals surface area contributed by atoms with E-state index < -0.39 is 10.0 Å². The predicted octanol–water partition coefficient (Wildman–Crippen LogP) is 3.38. The van der Waals surface area contributed by atoms with Gasteiger partial charge in [0.25, 0.3) is 10.0 Å². The molecule has 3 heterocycles. The number of carbonyl (C=O) groups excluding carboxylic acids is 1. The second kappa shape index (κ2) is 9.80. The molecule has 1 fully saturated rings. The first-order valence-electron chi connectivity index (χ1n) is 10.3. The van der Waals surface area contributed by atoms with E-state index >= 15 is 0 Å². The van der Waals surface area contributed by atoms with Crippen LogP contribution in [0.25, 0.3) is 0 Å². The van der Waals surface area contributed by atoms with Gasteiger partial charge in [0.2, 0.25) is 5.91 Å². The number of sulfonamides is 1. The fourth-order valence-electron chi connectivity index (χ4n) is 3.98. The molecular formula is C20H29ClN4O3S2. The maximum absolute atomic E-state index is 12.7. The van der Waals surface area contributed by atoms with Crippen molar-refractivity contribution in [2.24, 2.45) is 5.92 Å². The van der Waals surface area contributed by atoms with Crippen LogP contribution in [0.5, 0.6) is 0 Å². The van der Waals surface area contributed by atoms with E-state index in [1.807, 2.05) is 11.6 Å². The van der Waals surface area contributed by atoms with Crippen molar-refractivity contribution in [3.63, 3.8) is 0 Å². The molecule has 1 N–H and O–H groups in total. The number of amides is 1. The second-order valence-corrected chi connectivity index (χ2v) is 11.6. The first-order valence-corrected chi connectivity index (χ1v) is 12.9. The molecule has 3 rings (SSSR count). The van der Waals surface area contributed by atoms with Gasteiger partial charge in [0.15, 0.2) is 0 Å². The lowest BCUT2D eigenvalue weighted by Crippen LogP contribution is -2.39. The van der Waals surface area contributed by atoms with Crippen molar-refractivity contribution < 1.29 is 13.2 Å². The van der Waals surface area contributed by atoms with Crippen LogP contribution < -0.4 is 5.32 Å². The minimum Gasteiger partial charge on any atom is -0.356 e. The molecule has 0 atom stereocenters. The molecule has 0 bridgehead atoms. The average Bonchev–Trinajstić information content (AvgIpc) is 3.26. The fourth-order valence-corrected chi connectivity index (χ4v) is 7.09. The topological polar surface area (TPSA) is 84.3 Å². The van der Waals surface area contributed by atoms with E-state index in [4.69, 9.17) is 11.6 Å². The van der Waals surface area contributed by atoms with Gasteiger partial charge < -0.3 is 5.32 Å². The number of aryl methyl sites for hydroxylation is 2. The first-order chi connectivity index (χ1) is 14.2. The number of carbonyl (C=O) groups is 1. The highest BCUT2D eigenvalue weighted by molar-refractivity contribution is 7.91. The molecule has 2 aromatic heterocycles. The molecule has 1 aliphatic heterocycles. The van der Waals surface area contributed by atoms with Gasteiger partial charge in [0.05, 0.1) is 10.0 Å². The molecule has 1 saturated heterocycles. The molecule has 166 valence electrons. The van der Waals surface area contributed by atoms with Crippen molar-refractivity contribution >= 4 is 38.9 Å². The van der Waals surface area contributed by atoms with Crippen LogP contribution in [0.2, 0.25) is 4.34 Å². The van der Waals surface area contributed by atoms with Crippen molar-refractivity contribution in [3.05, 3.63) is 33.4 Å². The summed E-state index contributed by atoms with van der Waals surface area (Å²) in [4.78, 5) is 12.4. The number of thiophene rings is 1. The summed E-state index contributed by atoms with van der Waals surface area (Å²) in [5.74, 6) is 0.231. The Morgan fingerprint density at radius 2 is 2.00 bits per heavy atom. The summed E-state index contributed by atoms with van der Waals surface area (Å²) in [7, 11) is -3.49. The smallest absolute Gasteiger partial charge is 0.252 e. The van der Waals surface area contributed by atoms with Crippen LogP contribution in [0.1, 0.15) is 43.1 Å². The standard InChI is InChI=1S/C20H29ClN4O3S2/c1-4-25-15(3)17(14(2)23-25)7-10-22-19(26)13-16-8-11-24(12-9-16)30(27,28)20-6-5-18(21)29-20/h5-6,16H,4,7-13H2,1-3H3,(H,22,26). The van der Waals surface area contributed by atoms with Gasteiger partial charge in [-0.25, -0.2) is 8.42 Å². The molecular weight excluding hydrogens is 444 g/mol. The van der Waals surface area contributed by atoms with Gasteiger partial charge in [-0.05, 0) is 63.6 Å². The highest BCUT2D eigenvalue weighted by Gasteiger charge is 2.31. The summed E-state index contributed by atoms with van der Waals surface area (Å²) in [6.07, 6.45) is 2.58. The monoisotopic (exact) mass is 472 g/mol. The van der Waals surface area contributed by atoms with Crippen LogP contribution in [-0.2, 0) is 27.8 Å². The zero-order chi connectivity index (χ0) is 21.9. The Morgan fingerprint density at radius 1 is 1.30 bits per heavy atom. The number of nitrogens with zero attached hydrogens (tertiary/aromatic N) is 3. The number of aromatic nitrogens is 2. The molecule has 0 aliphatic carbocycles. The third-order valence-electron chi connectivity index (χ3n) is 5.72. The van der Waals surface area contributed by atoms with Crippen LogP contribution in [0.4, 0.5) is 0 Å². The van der Waals surface area contributed by atoms with Crippen molar-refractivity contribution in [1.82, 2.24) is 19.4 Å². The number of hydrogen-bond donors (Lipinski definition) is 1. The number of nitrogens with one attached hydrogen (secondary N) is 1. The van der Waals surface area contributed by atoms with E-state index in [2.05, 4.69) is 24.3 Å². The van der Waals surface area contributed by atoms with E-state index in [1.165, 1.54) is 9.87 Å². The minimum atomic E-state index is -3.49. The normalized spacial score (nSPS) is 16.1. The first kappa shape index (κ1) is 23.2. The summed E-state index contributed by atoms with van der Waals surface area (Å²) in [5, 5.41) is 7.52. The van der Waals surface area contributed by atoms with Gasteiger partial charge in [-0.3, -0.25) is 9.48 Å². The van der Waals surface area contributed by atoms with Gasteiger partial charge in [-0.2, -0.15) is 9.40 Å². The Hall–Kier alpha value is -1.42. The molecule has 0 saturated carbocycles. The highest BCUT2D eigenvalue weighted by Crippen LogP contribution is 2.31. The van der Waals surface area contributed by atoms with Crippen LogP contribution in [0.3, 0.4) is 0 Å². The maximum atomic E-state index is 12.7. The fraction of sp³-hybridized carbons (Fsp3) is 0.600. The van der Waals surface area contributed by atoms with Crippen molar-refractivity contribution in [1.29, 1.82) is 0 Å². The van der Waals surface area contributed by atoms with Crippen molar-refractivity contribution in [2.45, 2.75) is 57.2 Å². The molecule has 2 aromatic rings. The van der Waals surface area contributed by atoms with Gasteiger partial charge in [0, 0.05) is 38.3 Å². The average molecular weight is 473 g/mol. The molecule has 30 heavy (non-hydrogen) atoms. The summed E-state index contributed by atoms with van der Waals surface area (Å²) in [5.41, 5.74) is 3.37. The Balaban J connectivity index is 1.44. The molecule has 10 heteroatoms. The summed E-state index contributed by atoms with van der Waals surface area (Å²) < 4.78 is 29.6. The van der Waals surface area contributed by atoms with E-state index in [9.17, 15) is 13.2 Å². The Labute approximate surface area is 187 Å². The SMILES string of the molecule is CCn1nc(C)c(CCNC(=O)CC2CCN(S(=O)(=O)c3ccc(Cl)s3)CC2)c1C. The lowest BCUT2D eigenvalue weighted by molar-refractivity contribution is -0.122. The number of halogens is 1. The lowest BCUT2D eigenvalue weighted by Gasteiger charge is -2.30. The van der Waals surface area contributed by atoms with E-state index in [0.717, 1.165) is 35.7 Å². The predicted molar refractivity (Wildman–Crippen MR) is 120 cm³/mol. The van der Waals surface area contributed by atoms with E-state index in [0.29, 0.717) is 43.2 Å². The second-order valence-electron chi connectivity index (χ2n) is 7.68. The molecule has 1 amide bonds. The summed E-state index contributed by atoms with van der Waals surface area (Å²) >= 11 is 6.96. The van der Waals surface area contributed by atoms with Gasteiger partial charge >= 0.3 is 0 Å². The highest BCUT2D eigenvalue weighted by atomic mass is 35.5. The Kier molecular flexibility index (Phi) is 7.60. The Bertz CT molecular complexity index is 992. The molecule has 0 radical (unpaired) electrons. The lowest BCUT2D eigenvalue weighted by atomic mass is 9.94. The Morgan fingerprint density at radius 3 is 2.57 bits per heavy atom.